The predicted octanol–water partition coefficient (Wildman–Crippen LogP) is 1.57. The molecular formula is C14H23N3O. The largest absolute Gasteiger partial charge is 0.330 e. The number of amides is 1. The summed E-state index contributed by atoms with van der Waals surface area (Å²) in [6.07, 6.45) is 2.00. The van der Waals surface area contributed by atoms with Gasteiger partial charge in [-0.05, 0) is 50.9 Å². The van der Waals surface area contributed by atoms with Crippen molar-refractivity contribution in [2.45, 2.75) is 26.7 Å². The first kappa shape index (κ1) is 14.7. The second-order valence-corrected chi connectivity index (χ2v) is 4.49. The standard InChI is InChI=1S/C14H23N3O/c1-11-6-5-7-12(2)14(11)17-13(18)10-16-9-4-3-8-15/h5-7,16H,3-4,8-10,15H2,1-2H3,(H,17,18). The Balaban J connectivity index is 2.36. The number of anilines is 1. The molecule has 1 aromatic rings. The van der Waals surface area contributed by atoms with E-state index in [9.17, 15) is 4.79 Å². The zero-order chi connectivity index (χ0) is 13.4. The third-order valence-corrected chi connectivity index (χ3v) is 2.84. The van der Waals surface area contributed by atoms with Crippen molar-refractivity contribution in [3.8, 4) is 0 Å². The summed E-state index contributed by atoms with van der Waals surface area (Å²) in [4.78, 5) is 11.8. The maximum atomic E-state index is 11.8. The number of carbonyl (C=O) groups is 1. The Hall–Kier alpha value is -1.39. The highest BCUT2D eigenvalue weighted by Crippen LogP contribution is 2.18. The van der Waals surface area contributed by atoms with Crippen LogP contribution in [0, 0.1) is 13.8 Å². The van der Waals surface area contributed by atoms with Gasteiger partial charge in [0.05, 0.1) is 6.54 Å². The molecule has 1 rings (SSSR count). The van der Waals surface area contributed by atoms with E-state index in [1.54, 1.807) is 0 Å². The number of nitrogens with one attached hydrogen (secondary N) is 2. The van der Waals surface area contributed by atoms with Gasteiger partial charge in [-0.2, -0.15) is 0 Å². The number of hydrogen-bond donors (Lipinski definition) is 3. The van der Waals surface area contributed by atoms with Gasteiger partial charge in [-0.1, -0.05) is 18.2 Å². The number of benzene rings is 1. The molecule has 0 fully saturated rings. The first-order chi connectivity index (χ1) is 8.65. The molecule has 0 aliphatic heterocycles. The highest BCUT2D eigenvalue weighted by molar-refractivity contribution is 5.93. The Labute approximate surface area is 109 Å². The van der Waals surface area contributed by atoms with Crippen molar-refractivity contribution in [2.24, 2.45) is 5.73 Å². The number of carbonyl (C=O) groups excluding carboxylic acids is 1. The van der Waals surface area contributed by atoms with Crippen LogP contribution < -0.4 is 16.4 Å². The fourth-order valence-electron chi connectivity index (χ4n) is 1.79. The highest BCUT2D eigenvalue weighted by atomic mass is 16.1. The molecule has 0 aliphatic carbocycles. The van der Waals surface area contributed by atoms with E-state index in [1.807, 2.05) is 32.0 Å². The van der Waals surface area contributed by atoms with E-state index in [0.29, 0.717) is 13.1 Å². The molecule has 4 heteroatoms. The average Bonchev–Trinajstić information content (AvgIpc) is 2.34. The summed E-state index contributed by atoms with van der Waals surface area (Å²) in [6, 6.07) is 5.99. The molecule has 18 heavy (non-hydrogen) atoms. The maximum Gasteiger partial charge on any atom is 0.238 e. The van der Waals surface area contributed by atoms with Gasteiger partial charge in [0.25, 0.3) is 0 Å². The van der Waals surface area contributed by atoms with E-state index in [2.05, 4.69) is 10.6 Å². The Kier molecular flexibility index (Phi) is 6.39. The Morgan fingerprint density at radius 3 is 2.50 bits per heavy atom. The fourth-order valence-corrected chi connectivity index (χ4v) is 1.79. The molecule has 0 heterocycles. The molecule has 100 valence electrons. The van der Waals surface area contributed by atoms with Gasteiger partial charge in [-0.25, -0.2) is 0 Å². The van der Waals surface area contributed by atoms with Gasteiger partial charge in [-0.15, -0.1) is 0 Å². The van der Waals surface area contributed by atoms with Gasteiger partial charge in [-0.3, -0.25) is 4.79 Å². The summed E-state index contributed by atoms with van der Waals surface area (Å²) in [5.74, 6) is 0.000137. The molecule has 0 unspecified atom stereocenters. The third-order valence-electron chi connectivity index (χ3n) is 2.84. The molecule has 1 aromatic carbocycles. The fraction of sp³-hybridized carbons (Fsp3) is 0.500. The summed E-state index contributed by atoms with van der Waals surface area (Å²) < 4.78 is 0. The van der Waals surface area contributed by atoms with Crippen molar-refractivity contribution in [2.75, 3.05) is 25.0 Å². The van der Waals surface area contributed by atoms with Crippen LogP contribution in [0.2, 0.25) is 0 Å². The van der Waals surface area contributed by atoms with Gasteiger partial charge in [0.2, 0.25) is 5.91 Å². The molecule has 0 bridgehead atoms. The predicted molar refractivity (Wildman–Crippen MR) is 75.7 cm³/mol. The lowest BCUT2D eigenvalue weighted by Crippen LogP contribution is -2.29. The monoisotopic (exact) mass is 249 g/mol. The van der Waals surface area contributed by atoms with Gasteiger partial charge in [0.15, 0.2) is 0 Å². The molecule has 0 radical (unpaired) electrons. The van der Waals surface area contributed by atoms with Crippen LogP contribution in [0.5, 0.6) is 0 Å². The van der Waals surface area contributed by atoms with Crippen molar-refractivity contribution < 1.29 is 4.79 Å². The van der Waals surface area contributed by atoms with Crippen LogP contribution in [0.15, 0.2) is 18.2 Å². The zero-order valence-corrected chi connectivity index (χ0v) is 11.3. The van der Waals surface area contributed by atoms with Crippen molar-refractivity contribution in [3.63, 3.8) is 0 Å². The normalized spacial score (nSPS) is 10.4. The minimum atomic E-state index is 0.000137. The quantitative estimate of drug-likeness (QED) is 0.643. The minimum absolute atomic E-state index is 0.000137. The number of nitrogens with two attached hydrogens (primary N) is 1. The van der Waals surface area contributed by atoms with Gasteiger partial charge in [0.1, 0.15) is 0 Å². The summed E-state index contributed by atoms with van der Waals surface area (Å²) in [5.41, 5.74) is 8.50. The van der Waals surface area contributed by atoms with E-state index >= 15 is 0 Å². The topological polar surface area (TPSA) is 67.2 Å². The summed E-state index contributed by atoms with van der Waals surface area (Å²) in [6.45, 7) is 5.88. The molecule has 0 saturated carbocycles. The SMILES string of the molecule is Cc1cccc(C)c1NC(=O)CNCCCCN. The molecule has 0 aromatic heterocycles. The molecule has 0 spiro atoms. The second kappa shape index (κ2) is 7.84. The van der Waals surface area contributed by atoms with Crippen molar-refractivity contribution >= 4 is 11.6 Å². The van der Waals surface area contributed by atoms with Crippen LogP contribution in [0.3, 0.4) is 0 Å². The molecule has 1 amide bonds. The lowest BCUT2D eigenvalue weighted by molar-refractivity contribution is -0.115. The van der Waals surface area contributed by atoms with Crippen molar-refractivity contribution in [1.82, 2.24) is 5.32 Å². The van der Waals surface area contributed by atoms with Gasteiger partial charge >= 0.3 is 0 Å². The highest BCUT2D eigenvalue weighted by Gasteiger charge is 2.06. The Bertz CT molecular complexity index is 370. The van der Waals surface area contributed by atoms with Crippen LogP contribution >= 0.6 is 0 Å². The van der Waals surface area contributed by atoms with Crippen LogP contribution in [-0.4, -0.2) is 25.5 Å². The molecule has 4 N–H and O–H groups in total. The average molecular weight is 249 g/mol. The molecule has 0 aliphatic rings. The van der Waals surface area contributed by atoms with Crippen LogP contribution in [-0.2, 0) is 4.79 Å². The summed E-state index contributed by atoms with van der Waals surface area (Å²) in [5, 5.41) is 6.05. The van der Waals surface area contributed by atoms with E-state index in [1.165, 1.54) is 0 Å². The smallest absolute Gasteiger partial charge is 0.238 e. The summed E-state index contributed by atoms with van der Waals surface area (Å²) in [7, 11) is 0. The third kappa shape index (κ3) is 4.85. The van der Waals surface area contributed by atoms with Gasteiger partial charge in [0, 0.05) is 5.69 Å². The van der Waals surface area contributed by atoms with Crippen molar-refractivity contribution in [3.05, 3.63) is 29.3 Å². The first-order valence-electron chi connectivity index (χ1n) is 6.42. The molecular weight excluding hydrogens is 226 g/mol. The Morgan fingerprint density at radius 1 is 1.22 bits per heavy atom. The number of aryl methyl sites for hydroxylation is 2. The number of para-hydroxylation sites is 1. The number of hydrogen-bond acceptors (Lipinski definition) is 3. The lowest BCUT2D eigenvalue weighted by atomic mass is 10.1. The van der Waals surface area contributed by atoms with Gasteiger partial charge < -0.3 is 16.4 Å². The zero-order valence-electron chi connectivity index (χ0n) is 11.3. The lowest BCUT2D eigenvalue weighted by Gasteiger charge is -2.11. The maximum absolute atomic E-state index is 11.8. The van der Waals surface area contributed by atoms with E-state index in [0.717, 1.165) is 36.2 Å². The van der Waals surface area contributed by atoms with E-state index in [4.69, 9.17) is 5.73 Å². The molecule has 4 nitrogen and oxygen atoms in total. The summed E-state index contributed by atoms with van der Waals surface area (Å²) >= 11 is 0. The van der Waals surface area contributed by atoms with E-state index in [-0.39, 0.29) is 5.91 Å². The molecule has 0 saturated heterocycles. The van der Waals surface area contributed by atoms with Crippen molar-refractivity contribution in [1.29, 1.82) is 0 Å². The number of rotatable bonds is 7. The van der Waals surface area contributed by atoms with Crippen LogP contribution in [0.25, 0.3) is 0 Å². The first-order valence-corrected chi connectivity index (χ1v) is 6.42. The minimum Gasteiger partial charge on any atom is -0.330 e. The van der Waals surface area contributed by atoms with Crippen LogP contribution in [0.1, 0.15) is 24.0 Å². The molecule has 0 atom stereocenters. The second-order valence-electron chi connectivity index (χ2n) is 4.49. The Morgan fingerprint density at radius 2 is 1.89 bits per heavy atom. The number of unbranched alkanes of at least 4 members (excludes halogenated alkanes) is 1. The van der Waals surface area contributed by atoms with Crippen LogP contribution in [0.4, 0.5) is 5.69 Å². The van der Waals surface area contributed by atoms with E-state index < -0.39 is 0 Å².